The van der Waals surface area contributed by atoms with Crippen LogP contribution >= 0.6 is 0 Å². The van der Waals surface area contributed by atoms with Crippen LogP contribution in [0, 0.1) is 23.6 Å². The highest BCUT2D eigenvalue weighted by Crippen LogP contribution is 2.38. The smallest absolute Gasteiger partial charge is 0.243 e. The summed E-state index contributed by atoms with van der Waals surface area (Å²) >= 11 is 0. The first-order valence-electron chi connectivity index (χ1n) is 10.6. The van der Waals surface area contributed by atoms with E-state index in [2.05, 4.69) is 36.1 Å². The first kappa shape index (κ1) is 21.0. The Morgan fingerprint density at radius 1 is 1.39 bits per heavy atom. The van der Waals surface area contributed by atoms with Crippen molar-refractivity contribution < 1.29 is 9.18 Å². The molecule has 0 bridgehead atoms. The Balaban J connectivity index is 1.64. The number of carbonyl (C=O) groups is 1. The molecule has 1 aliphatic carbocycles. The van der Waals surface area contributed by atoms with Crippen LogP contribution in [0.5, 0.6) is 0 Å². The average molecular weight is 388 g/mol. The van der Waals surface area contributed by atoms with Gasteiger partial charge in [0.25, 0.3) is 0 Å². The van der Waals surface area contributed by atoms with E-state index in [1.807, 2.05) is 12.1 Å². The average Bonchev–Trinajstić information content (AvgIpc) is 3.56. The molecule has 1 heterocycles. The number of nitrogens with zero attached hydrogens (tertiary/aromatic N) is 1. The van der Waals surface area contributed by atoms with E-state index in [-0.39, 0.29) is 17.8 Å². The zero-order chi connectivity index (χ0) is 20.1. The first-order valence-corrected chi connectivity index (χ1v) is 10.6. The third kappa shape index (κ3) is 5.65. The van der Waals surface area contributed by atoms with Crippen LogP contribution in [0.2, 0.25) is 0 Å². The lowest BCUT2D eigenvalue weighted by atomic mass is 9.85. The van der Waals surface area contributed by atoms with Crippen molar-refractivity contribution in [3.63, 3.8) is 0 Å². The van der Waals surface area contributed by atoms with E-state index >= 15 is 0 Å². The number of amides is 1. The molecule has 1 aromatic rings. The molecule has 1 aromatic carbocycles. The summed E-state index contributed by atoms with van der Waals surface area (Å²) in [4.78, 5) is 14.1. The third-order valence-electron chi connectivity index (χ3n) is 6.57. The van der Waals surface area contributed by atoms with E-state index in [1.54, 1.807) is 0 Å². The molecule has 2 aliphatic rings. The van der Waals surface area contributed by atoms with Gasteiger partial charge in [-0.2, -0.15) is 0 Å². The molecule has 0 spiro atoms. The Bertz CT molecular complexity index is 658. The SMILES string of the molecule is C=CC(=O)NCC1CNC(c2ccc(F)cc2)CC1N(C)CCC(C)C1CC1. The molecule has 154 valence electrons. The Morgan fingerprint density at radius 3 is 2.75 bits per heavy atom. The summed E-state index contributed by atoms with van der Waals surface area (Å²) in [5.74, 6) is 1.73. The zero-order valence-electron chi connectivity index (χ0n) is 17.2. The summed E-state index contributed by atoms with van der Waals surface area (Å²) < 4.78 is 13.3. The minimum absolute atomic E-state index is 0.121. The van der Waals surface area contributed by atoms with Crippen molar-refractivity contribution in [2.45, 2.75) is 44.7 Å². The van der Waals surface area contributed by atoms with Gasteiger partial charge in [-0.25, -0.2) is 4.39 Å². The van der Waals surface area contributed by atoms with E-state index in [0.29, 0.717) is 18.5 Å². The molecule has 0 radical (unpaired) electrons. The Morgan fingerprint density at radius 2 is 2.11 bits per heavy atom. The lowest BCUT2D eigenvalue weighted by Crippen LogP contribution is -2.53. The van der Waals surface area contributed by atoms with E-state index in [9.17, 15) is 9.18 Å². The molecule has 4 atom stereocenters. The predicted octanol–water partition coefficient (Wildman–Crippen LogP) is 3.52. The number of hydrogen-bond acceptors (Lipinski definition) is 3. The second-order valence-corrected chi connectivity index (χ2v) is 8.61. The number of benzene rings is 1. The molecular formula is C23H34FN3O. The largest absolute Gasteiger partial charge is 0.352 e. The molecule has 3 rings (SSSR count). The van der Waals surface area contributed by atoms with E-state index < -0.39 is 0 Å². The number of rotatable bonds is 9. The van der Waals surface area contributed by atoms with Crippen LogP contribution in [0.4, 0.5) is 4.39 Å². The molecule has 5 heteroatoms. The minimum atomic E-state index is -0.202. The van der Waals surface area contributed by atoms with Crippen LogP contribution in [-0.2, 0) is 4.79 Å². The van der Waals surface area contributed by atoms with Crippen molar-refractivity contribution in [2.24, 2.45) is 17.8 Å². The molecular weight excluding hydrogens is 353 g/mol. The van der Waals surface area contributed by atoms with Crippen molar-refractivity contribution in [2.75, 3.05) is 26.7 Å². The number of nitrogens with one attached hydrogen (secondary N) is 2. The highest BCUT2D eigenvalue weighted by molar-refractivity contribution is 5.86. The fourth-order valence-corrected chi connectivity index (χ4v) is 4.42. The van der Waals surface area contributed by atoms with Gasteiger partial charge < -0.3 is 15.5 Å². The Hall–Kier alpha value is -1.72. The Kier molecular flexibility index (Phi) is 7.24. The van der Waals surface area contributed by atoms with Crippen molar-refractivity contribution in [1.82, 2.24) is 15.5 Å². The fourth-order valence-electron chi connectivity index (χ4n) is 4.42. The summed E-state index contributed by atoms with van der Waals surface area (Å²) in [5, 5.41) is 6.57. The van der Waals surface area contributed by atoms with Gasteiger partial charge in [0, 0.05) is 31.1 Å². The fraction of sp³-hybridized carbons (Fsp3) is 0.609. The van der Waals surface area contributed by atoms with E-state index in [4.69, 9.17) is 0 Å². The number of hydrogen-bond donors (Lipinski definition) is 2. The lowest BCUT2D eigenvalue weighted by Gasteiger charge is -2.42. The molecule has 2 N–H and O–H groups in total. The molecule has 1 saturated heterocycles. The highest BCUT2D eigenvalue weighted by Gasteiger charge is 2.34. The summed E-state index contributed by atoms with van der Waals surface area (Å²) in [6, 6.07) is 7.39. The monoisotopic (exact) mass is 387 g/mol. The molecule has 2 fully saturated rings. The van der Waals surface area contributed by atoms with Crippen LogP contribution in [-0.4, -0.2) is 43.5 Å². The van der Waals surface area contributed by atoms with Gasteiger partial charge in [0.2, 0.25) is 5.91 Å². The predicted molar refractivity (Wildman–Crippen MR) is 111 cm³/mol. The maximum absolute atomic E-state index is 13.3. The molecule has 4 nitrogen and oxygen atoms in total. The van der Waals surface area contributed by atoms with Gasteiger partial charge in [-0.15, -0.1) is 0 Å². The van der Waals surface area contributed by atoms with E-state index in [1.165, 1.54) is 37.5 Å². The van der Waals surface area contributed by atoms with Crippen molar-refractivity contribution in [1.29, 1.82) is 0 Å². The second-order valence-electron chi connectivity index (χ2n) is 8.61. The van der Waals surface area contributed by atoms with Crippen molar-refractivity contribution in [3.8, 4) is 0 Å². The van der Waals surface area contributed by atoms with Gasteiger partial charge in [0.05, 0.1) is 0 Å². The van der Waals surface area contributed by atoms with Crippen LogP contribution in [0.1, 0.15) is 44.2 Å². The van der Waals surface area contributed by atoms with Crippen LogP contribution in [0.15, 0.2) is 36.9 Å². The molecule has 0 aromatic heterocycles. The number of halogens is 1. The Labute approximate surface area is 168 Å². The standard InChI is InChI=1S/C23H34FN3O/c1-4-23(28)26-15-19-14-25-21(18-7-9-20(24)10-8-18)13-22(19)27(3)12-11-16(2)17-5-6-17/h4,7-10,16-17,19,21-22,25H,1,5-6,11-15H2,2-3H3,(H,26,28). The summed E-state index contributed by atoms with van der Waals surface area (Å²) in [6.07, 6.45) is 6.28. The van der Waals surface area contributed by atoms with Crippen LogP contribution < -0.4 is 10.6 Å². The highest BCUT2D eigenvalue weighted by atomic mass is 19.1. The second kappa shape index (κ2) is 9.66. The molecule has 4 unspecified atom stereocenters. The van der Waals surface area contributed by atoms with Gasteiger partial charge in [-0.3, -0.25) is 4.79 Å². The minimum Gasteiger partial charge on any atom is -0.352 e. The quantitative estimate of drug-likeness (QED) is 0.637. The van der Waals surface area contributed by atoms with Gasteiger partial charge in [-0.05, 0) is 74.9 Å². The summed E-state index contributed by atoms with van der Waals surface area (Å²) in [6.45, 7) is 8.45. The molecule has 28 heavy (non-hydrogen) atoms. The molecule has 1 amide bonds. The summed E-state index contributed by atoms with van der Waals surface area (Å²) in [7, 11) is 2.21. The van der Waals surface area contributed by atoms with Gasteiger partial charge in [0.1, 0.15) is 5.82 Å². The van der Waals surface area contributed by atoms with Crippen molar-refractivity contribution in [3.05, 3.63) is 48.3 Å². The number of carbonyl (C=O) groups excluding carboxylic acids is 1. The molecule has 1 aliphatic heterocycles. The number of piperidine rings is 1. The molecule has 1 saturated carbocycles. The third-order valence-corrected chi connectivity index (χ3v) is 6.57. The maximum atomic E-state index is 13.3. The van der Waals surface area contributed by atoms with Gasteiger partial charge in [0.15, 0.2) is 0 Å². The van der Waals surface area contributed by atoms with Crippen LogP contribution in [0.3, 0.4) is 0 Å². The maximum Gasteiger partial charge on any atom is 0.243 e. The zero-order valence-corrected chi connectivity index (χ0v) is 17.2. The normalized spacial score (nSPS) is 26.1. The lowest BCUT2D eigenvalue weighted by molar-refractivity contribution is -0.116. The van der Waals surface area contributed by atoms with Crippen molar-refractivity contribution >= 4 is 5.91 Å². The van der Waals surface area contributed by atoms with Gasteiger partial charge in [-0.1, -0.05) is 25.6 Å². The first-order chi connectivity index (χ1) is 13.5. The van der Waals surface area contributed by atoms with E-state index in [0.717, 1.165) is 36.9 Å². The van der Waals surface area contributed by atoms with Crippen LogP contribution in [0.25, 0.3) is 0 Å². The topological polar surface area (TPSA) is 44.4 Å². The summed E-state index contributed by atoms with van der Waals surface area (Å²) in [5.41, 5.74) is 1.12. The van der Waals surface area contributed by atoms with Gasteiger partial charge >= 0.3 is 0 Å².